The van der Waals surface area contributed by atoms with E-state index < -0.39 is 5.41 Å². The Kier molecular flexibility index (Phi) is 8.00. The van der Waals surface area contributed by atoms with Gasteiger partial charge in [-0.1, -0.05) is 15.9 Å². The first-order valence-electron chi connectivity index (χ1n) is 11.5. The van der Waals surface area contributed by atoms with Gasteiger partial charge in [0.15, 0.2) is 0 Å². The van der Waals surface area contributed by atoms with Gasteiger partial charge in [-0.05, 0) is 63.4 Å². The molecule has 34 heavy (non-hydrogen) atoms. The molecule has 8 heteroatoms. The van der Waals surface area contributed by atoms with Gasteiger partial charge >= 0.3 is 5.97 Å². The Bertz CT molecular complexity index is 1070. The molecule has 0 radical (unpaired) electrons. The molecule has 2 aliphatic heterocycles. The molecule has 1 atom stereocenters. The highest BCUT2D eigenvalue weighted by molar-refractivity contribution is 9.12. The zero-order chi connectivity index (χ0) is 24.3. The number of nitrogens with zero attached hydrogens (tertiary/aromatic N) is 2. The average molecular weight is 550 g/mol. The van der Waals surface area contributed by atoms with E-state index in [-0.39, 0.29) is 18.7 Å². The third-order valence-electron chi connectivity index (χ3n) is 5.82. The number of halogens is 2. The van der Waals surface area contributed by atoms with Crippen LogP contribution in [0.1, 0.15) is 44.7 Å². The minimum absolute atomic E-state index is 0.0879. The lowest BCUT2D eigenvalue weighted by atomic mass is 9.97. The van der Waals surface area contributed by atoms with Crippen molar-refractivity contribution in [3.05, 3.63) is 52.1 Å². The highest BCUT2D eigenvalue weighted by atomic mass is 79.9. The Morgan fingerprint density at radius 3 is 2.82 bits per heavy atom. The van der Waals surface area contributed by atoms with E-state index in [4.69, 9.17) is 9.47 Å². The fourth-order valence-electron chi connectivity index (χ4n) is 3.97. The molecule has 0 aliphatic carbocycles. The first kappa shape index (κ1) is 25.2. The average Bonchev–Trinajstić information content (AvgIpc) is 3.25. The van der Waals surface area contributed by atoms with Gasteiger partial charge in [-0.25, -0.2) is 4.98 Å². The molecule has 1 saturated heterocycles. The largest absolute Gasteiger partial charge is 0.473 e. The Morgan fingerprint density at radius 1 is 1.29 bits per heavy atom. The normalized spacial score (nSPS) is 18.7. The number of hydrogen-bond acceptors (Lipinski definition) is 6. The van der Waals surface area contributed by atoms with E-state index in [1.165, 1.54) is 0 Å². The standard InChI is InChI=1S/C26H30BrFN2O3S/c1-26(2,3)25(31)33-18-6-7-20-22(13-18)34-16-21(27)24(20)17-5-8-23(29-14-17)32-19-9-12-30(15-19)11-4-10-28/h5-8,13-14,19H,4,9-12,15-16H2,1-3H3. The molecule has 1 fully saturated rings. The van der Waals surface area contributed by atoms with E-state index in [1.54, 1.807) is 11.8 Å². The van der Waals surface area contributed by atoms with Crippen LogP contribution in [0, 0.1) is 5.41 Å². The first-order valence-corrected chi connectivity index (χ1v) is 13.3. The van der Waals surface area contributed by atoms with Crippen molar-refractivity contribution in [3.63, 3.8) is 0 Å². The molecular weight excluding hydrogens is 519 g/mol. The maximum Gasteiger partial charge on any atom is 0.316 e. The molecule has 0 saturated carbocycles. The molecule has 5 nitrogen and oxygen atoms in total. The zero-order valence-corrected chi connectivity index (χ0v) is 22.2. The van der Waals surface area contributed by atoms with Gasteiger partial charge in [0, 0.05) is 58.2 Å². The van der Waals surface area contributed by atoms with Gasteiger partial charge in [0.05, 0.1) is 12.1 Å². The van der Waals surface area contributed by atoms with Gasteiger partial charge < -0.3 is 9.47 Å². The molecule has 2 aliphatic rings. The Morgan fingerprint density at radius 2 is 2.12 bits per heavy atom. The van der Waals surface area contributed by atoms with Gasteiger partial charge in [0.2, 0.25) is 5.88 Å². The number of esters is 1. The molecule has 182 valence electrons. The molecule has 0 bridgehead atoms. The van der Waals surface area contributed by atoms with Crippen molar-refractivity contribution < 1.29 is 18.7 Å². The molecule has 3 heterocycles. The Hall–Kier alpha value is -1.90. The third kappa shape index (κ3) is 6.01. The van der Waals surface area contributed by atoms with E-state index in [0.29, 0.717) is 18.1 Å². The van der Waals surface area contributed by atoms with Crippen molar-refractivity contribution in [2.24, 2.45) is 5.41 Å². The fraction of sp³-hybridized carbons (Fsp3) is 0.462. The highest BCUT2D eigenvalue weighted by Crippen LogP contribution is 2.44. The molecule has 4 rings (SSSR count). The molecule has 1 unspecified atom stereocenters. The number of ether oxygens (including phenoxy) is 2. The minimum atomic E-state index is -0.558. The number of carbonyl (C=O) groups excluding carboxylic acids is 1. The molecule has 1 aromatic carbocycles. The summed E-state index contributed by atoms with van der Waals surface area (Å²) in [7, 11) is 0. The smallest absolute Gasteiger partial charge is 0.316 e. The number of likely N-dealkylation sites (tertiary alicyclic amines) is 1. The fourth-order valence-corrected chi connectivity index (χ4v) is 5.71. The number of alkyl halides is 1. The third-order valence-corrected chi connectivity index (χ3v) is 7.95. The van der Waals surface area contributed by atoms with Crippen LogP contribution in [0.5, 0.6) is 11.6 Å². The van der Waals surface area contributed by atoms with Crippen LogP contribution in [0.25, 0.3) is 5.57 Å². The van der Waals surface area contributed by atoms with E-state index in [9.17, 15) is 9.18 Å². The molecule has 0 spiro atoms. The predicted molar refractivity (Wildman–Crippen MR) is 138 cm³/mol. The predicted octanol–water partition coefficient (Wildman–Crippen LogP) is 6.11. The Balaban J connectivity index is 1.47. The zero-order valence-electron chi connectivity index (χ0n) is 19.8. The molecule has 0 N–H and O–H groups in total. The van der Waals surface area contributed by atoms with Crippen molar-refractivity contribution in [3.8, 4) is 11.6 Å². The molecule has 2 aromatic rings. The van der Waals surface area contributed by atoms with Crippen LogP contribution in [-0.4, -0.2) is 54.0 Å². The number of benzene rings is 1. The van der Waals surface area contributed by atoms with Gasteiger partial charge in [-0.2, -0.15) is 0 Å². The van der Waals surface area contributed by atoms with E-state index in [1.807, 2.05) is 57.3 Å². The topological polar surface area (TPSA) is 51.7 Å². The van der Waals surface area contributed by atoms with Crippen LogP contribution in [-0.2, 0) is 4.79 Å². The second-order valence-corrected chi connectivity index (χ2v) is 11.6. The summed E-state index contributed by atoms with van der Waals surface area (Å²) >= 11 is 5.45. The monoisotopic (exact) mass is 548 g/mol. The number of pyridine rings is 1. The second-order valence-electron chi connectivity index (χ2n) is 9.62. The van der Waals surface area contributed by atoms with E-state index in [0.717, 1.165) is 57.9 Å². The van der Waals surface area contributed by atoms with Gasteiger partial charge in [0.25, 0.3) is 0 Å². The summed E-state index contributed by atoms with van der Waals surface area (Å²) in [5, 5.41) is 0. The summed E-state index contributed by atoms with van der Waals surface area (Å²) in [6.07, 6.45) is 3.43. The van der Waals surface area contributed by atoms with Gasteiger partial charge in [0.1, 0.15) is 11.9 Å². The summed E-state index contributed by atoms with van der Waals surface area (Å²) in [6.45, 7) is 7.78. The van der Waals surface area contributed by atoms with Crippen LogP contribution < -0.4 is 9.47 Å². The number of rotatable bonds is 7. The van der Waals surface area contributed by atoms with Crippen LogP contribution in [0.3, 0.4) is 0 Å². The quantitative estimate of drug-likeness (QED) is 0.307. The maximum atomic E-state index is 12.4. The lowest BCUT2D eigenvalue weighted by Gasteiger charge is -2.22. The first-order chi connectivity index (χ1) is 16.2. The summed E-state index contributed by atoms with van der Waals surface area (Å²) < 4.78 is 25.2. The molecule has 0 amide bonds. The summed E-state index contributed by atoms with van der Waals surface area (Å²) in [5.74, 6) is 1.70. The SMILES string of the molecule is CC(C)(C)C(=O)Oc1ccc2c(c1)SCC(Br)=C2c1ccc(OC2CCN(CCCF)C2)nc1. The number of aromatic nitrogens is 1. The maximum absolute atomic E-state index is 12.4. The van der Waals surface area contributed by atoms with Crippen LogP contribution >= 0.6 is 27.7 Å². The van der Waals surface area contributed by atoms with Crippen molar-refractivity contribution >= 4 is 39.2 Å². The van der Waals surface area contributed by atoms with E-state index in [2.05, 4.69) is 25.8 Å². The molecule has 1 aromatic heterocycles. The van der Waals surface area contributed by atoms with Crippen LogP contribution in [0.2, 0.25) is 0 Å². The van der Waals surface area contributed by atoms with Crippen molar-refractivity contribution in [1.82, 2.24) is 9.88 Å². The minimum Gasteiger partial charge on any atom is -0.473 e. The summed E-state index contributed by atoms with van der Waals surface area (Å²) in [4.78, 5) is 20.1. The number of carbonyl (C=O) groups is 1. The number of fused-ring (bicyclic) bond motifs is 1. The lowest BCUT2D eigenvalue weighted by molar-refractivity contribution is -0.143. The second kappa shape index (κ2) is 10.8. The van der Waals surface area contributed by atoms with Crippen molar-refractivity contribution in [2.45, 2.75) is 44.6 Å². The van der Waals surface area contributed by atoms with Crippen molar-refractivity contribution in [2.75, 3.05) is 32.1 Å². The van der Waals surface area contributed by atoms with Crippen molar-refractivity contribution in [1.29, 1.82) is 0 Å². The van der Waals surface area contributed by atoms with Crippen LogP contribution in [0.4, 0.5) is 4.39 Å². The summed E-state index contributed by atoms with van der Waals surface area (Å²) in [5.41, 5.74) is 2.60. The molecular formula is C26H30BrFN2O3S. The number of hydrogen-bond donors (Lipinski definition) is 0. The lowest BCUT2D eigenvalue weighted by Crippen LogP contribution is -2.26. The van der Waals surface area contributed by atoms with E-state index >= 15 is 0 Å². The summed E-state index contributed by atoms with van der Waals surface area (Å²) in [6, 6.07) is 9.71. The highest BCUT2D eigenvalue weighted by Gasteiger charge is 2.26. The van der Waals surface area contributed by atoms with Crippen LogP contribution in [0.15, 0.2) is 45.9 Å². The number of thioether (sulfide) groups is 1. The Labute approximate surface area is 213 Å². The van der Waals surface area contributed by atoms with Gasteiger partial charge in [-0.15, -0.1) is 11.8 Å². The van der Waals surface area contributed by atoms with Gasteiger partial charge in [-0.3, -0.25) is 14.1 Å².